The summed E-state index contributed by atoms with van der Waals surface area (Å²) in [6.45, 7) is -0.192. The van der Waals surface area contributed by atoms with Gasteiger partial charge in [-0.2, -0.15) is 0 Å². The first-order valence-electron chi connectivity index (χ1n) is 16.4. The van der Waals surface area contributed by atoms with Gasteiger partial charge >= 0.3 is 0 Å². The Morgan fingerprint density at radius 2 is 1.30 bits per heavy atom. The molecule has 0 unspecified atom stereocenters. The molecule has 12 N–H and O–H groups in total. The highest BCUT2D eigenvalue weighted by Crippen LogP contribution is 2.38. The van der Waals surface area contributed by atoms with E-state index in [1.807, 2.05) is 0 Å². The van der Waals surface area contributed by atoms with Gasteiger partial charge in [-0.05, 0) is 31.2 Å². The summed E-state index contributed by atoms with van der Waals surface area (Å²) in [5, 5.41) is 124. The first-order chi connectivity index (χ1) is 25.1. The molecule has 3 aliphatic rings. The van der Waals surface area contributed by atoms with E-state index in [-0.39, 0.29) is 22.7 Å². The minimum absolute atomic E-state index is 0.143. The smallest absolute Gasteiger partial charge is 0.239 e. The Labute approximate surface area is 298 Å². The molecule has 0 aliphatic carbocycles. The molecule has 6 rings (SSSR count). The Balaban J connectivity index is 1.27. The first-order valence-corrected chi connectivity index (χ1v) is 16.4. The van der Waals surface area contributed by atoms with Crippen LogP contribution >= 0.6 is 0 Å². The summed E-state index contributed by atoms with van der Waals surface area (Å²) in [4.78, 5) is 13.8. The molecule has 20 heteroatoms. The van der Waals surface area contributed by atoms with Gasteiger partial charge in [-0.25, -0.2) is 0 Å². The Morgan fingerprint density at radius 3 is 1.98 bits per heavy atom. The largest absolute Gasteiger partial charge is 0.508 e. The normalized spacial score (nSPS) is 37.8. The fourth-order valence-corrected chi connectivity index (χ4v) is 6.25. The van der Waals surface area contributed by atoms with Crippen LogP contribution in [0.5, 0.6) is 23.0 Å². The van der Waals surface area contributed by atoms with Crippen molar-refractivity contribution in [2.24, 2.45) is 0 Å². The molecule has 3 aromatic rings. The second-order valence-corrected chi connectivity index (χ2v) is 12.9. The molecule has 3 aliphatic heterocycles. The van der Waals surface area contributed by atoms with Crippen molar-refractivity contribution < 1.29 is 94.1 Å². The molecule has 0 radical (unpaired) electrons. The van der Waals surface area contributed by atoms with E-state index in [0.717, 1.165) is 12.1 Å². The van der Waals surface area contributed by atoms with Gasteiger partial charge in [0.1, 0.15) is 95.4 Å². The number of ether oxygens (including phenoxy) is 6. The van der Waals surface area contributed by atoms with Gasteiger partial charge in [0, 0.05) is 17.7 Å². The van der Waals surface area contributed by atoms with Crippen LogP contribution in [-0.2, 0) is 23.7 Å². The maximum Gasteiger partial charge on any atom is 0.239 e. The number of phenolic OH excluding ortho intramolecular Hbond substituents is 3. The SMILES string of the molecule is C[C@@H]1O[C@@H](O[C@H]2[C@H](OC[C@H]3O[C@@H](Oc4c(-c5ccc(O)cc5)oc5cc(O)cc(O)c5c4=O)[C@H](O)[C@@H](O)[C@H]3O)O[C@@H](CO)[C@@H](O)[C@@H]2O)[C@@H](O)[C@H](O)[C@H]1O. The number of aromatic hydroxyl groups is 3. The van der Waals surface area contributed by atoms with Crippen molar-refractivity contribution in [1.29, 1.82) is 0 Å². The molecule has 292 valence electrons. The van der Waals surface area contributed by atoms with E-state index in [4.69, 9.17) is 32.8 Å². The van der Waals surface area contributed by atoms with Crippen LogP contribution in [0.3, 0.4) is 0 Å². The van der Waals surface area contributed by atoms with Gasteiger partial charge in [0.15, 0.2) is 18.3 Å². The highest BCUT2D eigenvalue weighted by Gasteiger charge is 2.52. The maximum atomic E-state index is 13.8. The average Bonchev–Trinajstić information content (AvgIpc) is 3.12. The summed E-state index contributed by atoms with van der Waals surface area (Å²) in [5.41, 5.74) is -1.12. The summed E-state index contributed by atoms with van der Waals surface area (Å²) in [6.07, 6.45) is -25.8. The quantitative estimate of drug-likeness (QED) is 0.100. The summed E-state index contributed by atoms with van der Waals surface area (Å²) in [6, 6.07) is 7.14. The number of aliphatic hydroxyl groups is 9. The van der Waals surface area contributed by atoms with Crippen LogP contribution in [0.15, 0.2) is 45.6 Å². The number of hydrogen-bond acceptors (Lipinski definition) is 20. The molecule has 1 aromatic heterocycles. The lowest BCUT2D eigenvalue weighted by Gasteiger charge is -2.46. The van der Waals surface area contributed by atoms with Gasteiger partial charge in [-0.3, -0.25) is 4.79 Å². The van der Waals surface area contributed by atoms with Crippen molar-refractivity contribution in [3.8, 4) is 34.3 Å². The minimum atomic E-state index is -2.02. The van der Waals surface area contributed by atoms with E-state index in [1.54, 1.807) is 0 Å². The summed E-state index contributed by atoms with van der Waals surface area (Å²) in [7, 11) is 0. The minimum Gasteiger partial charge on any atom is -0.508 e. The predicted molar refractivity (Wildman–Crippen MR) is 171 cm³/mol. The zero-order valence-electron chi connectivity index (χ0n) is 27.7. The van der Waals surface area contributed by atoms with Crippen molar-refractivity contribution in [2.45, 2.75) is 99.0 Å². The van der Waals surface area contributed by atoms with Crippen molar-refractivity contribution in [3.63, 3.8) is 0 Å². The number of fused-ring (bicyclic) bond motifs is 1. The summed E-state index contributed by atoms with van der Waals surface area (Å²) >= 11 is 0. The summed E-state index contributed by atoms with van der Waals surface area (Å²) < 4.78 is 39.7. The number of hydrogen-bond donors (Lipinski definition) is 12. The van der Waals surface area contributed by atoms with Crippen LogP contribution < -0.4 is 10.2 Å². The van der Waals surface area contributed by atoms with Gasteiger partial charge in [0.05, 0.1) is 19.3 Å². The topological polar surface area (TPSA) is 328 Å². The van der Waals surface area contributed by atoms with Crippen LogP contribution in [0.25, 0.3) is 22.3 Å². The van der Waals surface area contributed by atoms with Crippen LogP contribution in [0.1, 0.15) is 6.92 Å². The Bertz CT molecular complexity index is 1790. The molecule has 15 atom stereocenters. The Kier molecular flexibility index (Phi) is 11.5. The van der Waals surface area contributed by atoms with Crippen LogP contribution in [0, 0.1) is 0 Å². The van der Waals surface area contributed by atoms with Crippen LogP contribution in [-0.4, -0.2) is 167 Å². The average molecular weight is 757 g/mol. The van der Waals surface area contributed by atoms with Crippen LogP contribution in [0.2, 0.25) is 0 Å². The lowest BCUT2D eigenvalue weighted by atomic mass is 9.97. The Hall–Kier alpha value is -3.71. The molecule has 53 heavy (non-hydrogen) atoms. The molecule has 2 aromatic carbocycles. The van der Waals surface area contributed by atoms with E-state index in [1.165, 1.54) is 31.2 Å². The second kappa shape index (κ2) is 15.6. The number of benzene rings is 2. The molecule has 3 saturated heterocycles. The molecule has 0 spiro atoms. The molecule has 20 nitrogen and oxygen atoms in total. The van der Waals surface area contributed by atoms with Gasteiger partial charge in [0.2, 0.25) is 17.5 Å². The number of aliphatic hydroxyl groups excluding tert-OH is 9. The zero-order valence-corrected chi connectivity index (χ0v) is 27.7. The van der Waals surface area contributed by atoms with Crippen molar-refractivity contribution >= 4 is 11.0 Å². The standard InChI is InChI=1S/C33H40O20/c1-10-19(38)23(42)26(45)31(48-10)53-30-25(44)20(39)16(8-34)50-33(30)47-9-17-21(40)24(43)27(46)32(51-17)52-29-22(41)18-14(37)6-13(36)7-15(18)49-28(29)11-2-4-12(35)5-3-11/h2-7,10,16-17,19-21,23-27,30-40,42-46H,8-9H2,1H3/t10-,16-,17+,19-,20+,21-,23+,24-,25-,26-,27+,30+,31-,32-,33+/m0/s1. The zero-order chi connectivity index (χ0) is 38.5. The molecule has 0 saturated carbocycles. The van der Waals surface area contributed by atoms with Crippen molar-refractivity contribution in [3.05, 3.63) is 46.6 Å². The maximum absolute atomic E-state index is 13.8. The Morgan fingerprint density at radius 1 is 0.679 bits per heavy atom. The monoisotopic (exact) mass is 756 g/mol. The molecule has 0 bridgehead atoms. The van der Waals surface area contributed by atoms with E-state index < -0.39 is 133 Å². The molecule has 4 heterocycles. The first kappa shape index (κ1) is 39.0. The predicted octanol–water partition coefficient (Wildman–Crippen LogP) is -3.57. The van der Waals surface area contributed by atoms with Crippen LogP contribution in [0.4, 0.5) is 0 Å². The van der Waals surface area contributed by atoms with E-state index in [9.17, 15) is 66.1 Å². The molecular weight excluding hydrogens is 716 g/mol. The van der Waals surface area contributed by atoms with Gasteiger partial charge in [-0.15, -0.1) is 0 Å². The number of phenols is 3. The molecule has 3 fully saturated rings. The van der Waals surface area contributed by atoms with Crippen molar-refractivity contribution in [1.82, 2.24) is 0 Å². The van der Waals surface area contributed by atoms with E-state index in [0.29, 0.717) is 0 Å². The highest BCUT2D eigenvalue weighted by molar-refractivity contribution is 5.88. The fourth-order valence-electron chi connectivity index (χ4n) is 6.25. The third kappa shape index (κ3) is 7.52. The number of rotatable bonds is 9. The van der Waals surface area contributed by atoms with Gasteiger partial charge in [0.25, 0.3) is 0 Å². The lowest BCUT2D eigenvalue weighted by molar-refractivity contribution is -0.369. The summed E-state index contributed by atoms with van der Waals surface area (Å²) in [5.74, 6) is -2.24. The third-order valence-corrected chi connectivity index (χ3v) is 9.30. The lowest BCUT2D eigenvalue weighted by Crippen LogP contribution is -2.65. The van der Waals surface area contributed by atoms with E-state index >= 15 is 0 Å². The molecule has 0 amide bonds. The highest BCUT2D eigenvalue weighted by atomic mass is 16.8. The van der Waals surface area contributed by atoms with Gasteiger partial charge < -0.3 is 94.1 Å². The van der Waals surface area contributed by atoms with E-state index in [2.05, 4.69) is 0 Å². The molecular formula is C33H40O20. The van der Waals surface area contributed by atoms with Gasteiger partial charge in [-0.1, -0.05) is 0 Å². The van der Waals surface area contributed by atoms with Crippen molar-refractivity contribution in [2.75, 3.05) is 13.2 Å². The third-order valence-electron chi connectivity index (χ3n) is 9.30. The fraction of sp³-hybridized carbons (Fsp3) is 0.545. The second-order valence-electron chi connectivity index (χ2n) is 12.9.